The van der Waals surface area contributed by atoms with Gasteiger partial charge in [-0.1, -0.05) is 28.7 Å². The second-order valence-corrected chi connectivity index (χ2v) is 8.05. The third-order valence-corrected chi connectivity index (χ3v) is 5.80. The third kappa shape index (κ3) is 4.96. The highest BCUT2D eigenvalue weighted by Crippen LogP contribution is 2.31. The van der Waals surface area contributed by atoms with E-state index in [-0.39, 0.29) is 11.6 Å². The summed E-state index contributed by atoms with van der Waals surface area (Å²) in [6.45, 7) is 0.394. The maximum absolute atomic E-state index is 12.1. The van der Waals surface area contributed by atoms with Gasteiger partial charge in [-0.25, -0.2) is 9.78 Å². The summed E-state index contributed by atoms with van der Waals surface area (Å²) < 4.78 is 3.33. The lowest BCUT2D eigenvalue weighted by Gasteiger charge is -2.13. The van der Waals surface area contributed by atoms with Crippen molar-refractivity contribution in [1.82, 2.24) is 20.3 Å². The minimum Gasteiger partial charge on any atom is -0.334 e. The van der Waals surface area contributed by atoms with Gasteiger partial charge < -0.3 is 20.3 Å². The van der Waals surface area contributed by atoms with Crippen molar-refractivity contribution in [2.24, 2.45) is 0 Å². The van der Waals surface area contributed by atoms with Crippen LogP contribution in [-0.4, -0.2) is 26.9 Å². The first kappa shape index (κ1) is 20.3. The van der Waals surface area contributed by atoms with Crippen LogP contribution in [0.4, 0.5) is 16.2 Å². The van der Waals surface area contributed by atoms with Crippen LogP contribution in [0.3, 0.4) is 0 Å². The number of fused-ring (bicyclic) bond motifs is 1. The number of para-hydroxylation sites is 1. The molecule has 1 unspecified atom stereocenters. The van der Waals surface area contributed by atoms with Crippen LogP contribution in [0.1, 0.15) is 5.56 Å². The number of anilines is 2. The SMILES string of the molecule is C=S(Nc1ccc(NC(=O)NCc2cccnc2)cc1)c1cccc2c(=O)[nH]cnc12. The van der Waals surface area contributed by atoms with Crippen LogP contribution in [0, 0.1) is 0 Å². The van der Waals surface area contributed by atoms with Gasteiger partial charge in [0, 0.05) is 35.2 Å². The third-order valence-electron chi connectivity index (χ3n) is 4.46. The van der Waals surface area contributed by atoms with Gasteiger partial charge in [-0.3, -0.25) is 9.78 Å². The highest BCUT2D eigenvalue weighted by Gasteiger charge is 2.08. The molecular weight excluding hydrogens is 412 g/mol. The molecule has 2 aromatic heterocycles. The number of nitrogens with zero attached hydrogens (tertiary/aromatic N) is 2. The molecular formula is C22H20N6O2S. The summed E-state index contributed by atoms with van der Waals surface area (Å²) in [5.74, 6) is 4.19. The summed E-state index contributed by atoms with van der Waals surface area (Å²) in [5.41, 5.74) is 2.87. The average molecular weight is 433 g/mol. The molecule has 1 atom stereocenters. The average Bonchev–Trinajstić information content (AvgIpc) is 2.80. The zero-order chi connectivity index (χ0) is 21.6. The molecule has 2 amide bonds. The molecule has 0 aliphatic heterocycles. The smallest absolute Gasteiger partial charge is 0.319 e. The normalized spacial score (nSPS) is 11.6. The maximum Gasteiger partial charge on any atom is 0.319 e. The lowest BCUT2D eigenvalue weighted by molar-refractivity contribution is 0.251. The fourth-order valence-electron chi connectivity index (χ4n) is 2.95. The van der Waals surface area contributed by atoms with Gasteiger partial charge in [0.15, 0.2) is 0 Å². The molecule has 4 N–H and O–H groups in total. The van der Waals surface area contributed by atoms with Crippen LogP contribution < -0.4 is 20.9 Å². The van der Waals surface area contributed by atoms with Gasteiger partial charge in [0.05, 0.1) is 17.2 Å². The number of rotatable bonds is 6. The highest BCUT2D eigenvalue weighted by molar-refractivity contribution is 8.15. The predicted octanol–water partition coefficient (Wildman–Crippen LogP) is 3.73. The molecule has 2 heterocycles. The highest BCUT2D eigenvalue weighted by atomic mass is 32.2. The topological polar surface area (TPSA) is 112 Å². The molecule has 0 saturated heterocycles. The second kappa shape index (κ2) is 9.23. The van der Waals surface area contributed by atoms with Crippen molar-refractivity contribution in [3.05, 3.63) is 89.2 Å². The number of aromatic nitrogens is 3. The van der Waals surface area contributed by atoms with E-state index >= 15 is 0 Å². The van der Waals surface area contributed by atoms with Crippen molar-refractivity contribution in [3.63, 3.8) is 0 Å². The van der Waals surface area contributed by atoms with Crippen LogP contribution >= 0.6 is 10.7 Å². The van der Waals surface area contributed by atoms with E-state index in [9.17, 15) is 9.59 Å². The van der Waals surface area contributed by atoms with Crippen LogP contribution in [-0.2, 0) is 6.54 Å². The summed E-state index contributed by atoms with van der Waals surface area (Å²) in [7, 11) is -0.630. The molecule has 0 saturated carbocycles. The van der Waals surface area contributed by atoms with E-state index in [1.807, 2.05) is 36.4 Å². The Bertz CT molecular complexity index is 1290. The molecule has 2 aromatic carbocycles. The summed E-state index contributed by atoms with van der Waals surface area (Å²) in [6.07, 6.45) is 4.79. The standard InChI is InChI=1S/C22H20N6O2S/c1-31(19-6-2-5-18-20(19)25-14-26-21(18)29)28-17-9-7-16(8-10-17)27-22(30)24-13-15-4-3-11-23-12-15/h2-12,14,28H,1,13H2,(H2,24,27,30)(H,25,26,29). The van der Waals surface area contributed by atoms with E-state index in [0.29, 0.717) is 23.1 Å². The number of aromatic amines is 1. The summed E-state index contributed by atoms with van der Waals surface area (Å²) >= 11 is 0. The van der Waals surface area contributed by atoms with Crippen molar-refractivity contribution in [2.75, 3.05) is 10.0 Å². The summed E-state index contributed by atoms with van der Waals surface area (Å²) in [5, 5.41) is 6.11. The van der Waals surface area contributed by atoms with Gasteiger partial charge in [-0.15, -0.1) is 0 Å². The van der Waals surface area contributed by atoms with E-state index in [1.165, 1.54) is 6.33 Å². The van der Waals surface area contributed by atoms with Crippen molar-refractivity contribution in [2.45, 2.75) is 11.4 Å². The number of H-pyrrole nitrogens is 1. The maximum atomic E-state index is 12.1. The minimum atomic E-state index is -0.630. The number of hydrogen-bond acceptors (Lipinski definition) is 5. The molecule has 0 fully saturated rings. The first-order chi connectivity index (χ1) is 15.1. The summed E-state index contributed by atoms with van der Waals surface area (Å²) in [6, 6.07) is 16.2. The molecule has 0 radical (unpaired) electrons. The Hall–Kier alpha value is -3.98. The number of amides is 2. The molecule has 0 aliphatic rings. The van der Waals surface area contributed by atoms with Crippen molar-refractivity contribution in [1.29, 1.82) is 0 Å². The van der Waals surface area contributed by atoms with Crippen LogP contribution in [0.15, 0.2) is 83.0 Å². The number of hydrogen-bond donors (Lipinski definition) is 4. The Morgan fingerprint density at radius 2 is 1.87 bits per heavy atom. The largest absolute Gasteiger partial charge is 0.334 e. The molecule has 9 heteroatoms. The second-order valence-electron chi connectivity index (χ2n) is 6.62. The number of nitrogens with one attached hydrogen (secondary N) is 4. The molecule has 0 aliphatic carbocycles. The van der Waals surface area contributed by atoms with Crippen molar-refractivity contribution in [3.8, 4) is 0 Å². The molecule has 0 bridgehead atoms. The Labute approximate surface area is 180 Å². The van der Waals surface area contributed by atoms with Gasteiger partial charge in [0.25, 0.3) is 5.56 Å². The van der Waals surface area contributed by atoms with Crippen molar-refractivity contribution >= 4 is 44.8 Å². The Kier molecular flexibility index (Phi) is 6.04. The zero-order valence-corrected chi connectivity index (χ0v) is 17.3. The molecule has 0 spiro atoms. The number of pyridine rings is 1. The van der Waals surface area contributed by atoms with E-state index in [1.54, 1.807) is 30.6 Å². The van der Waals surface area contributed by atoms with E-state index in [0.717, 1.165) is 16.1 Å². The van der Waals surface area contributed by atoms with E-state index in [4.69, 9.17) is 0 Å². The van der Waals surface area contributed by atoms with Gasteiger partial charge in [-0.05, 0) is 48.0 Å². The number of carbonyl (C=O) groups excluding carboxylic acids is 1. The molecule has 156 valence electrons. The number of urea groups is 1. The Morgan fingerprint density at radius 1 is 1.06 bits per heavy atom. The molecule has 31 heavy (non-hydrogen) atoms. The van der Waals surface area contributed by atoms with Crippen molar-refractivity contribution < 1.29 is 4.79 Å². The zero-order valence-electron chi connectivity index (χ0n) is 16.5. The van der Waals surface area contributed by atoms with E-state index < -0.39 is 10.7 Å². The Morgan fingerprint density at radius 3 is 2.65 bits per heavy atom. The van der Waals surface area contributed by atoms with Crippen LogP contribution in [0.5, 0.6) is 0 Å². The molecule has 8 nitrogen and oxygen atoms in total. The van der Waals surface area contributed by atoms with Gasteiger partial charge >= 0.3 is 6.03 Å². The van der Waals surface area contributed by atoms with Crippen LogP contribution in [0.25, 0.3) is 10.9 Å². The Balaban J connectivity index is 1.38. The monoisotopic (exact) mass is 432 g/mol. The van der Waals surface area contributed by atoms with Gasteiger partial charge in [0.2, 0.25) is 0 Å². The van der Waals surface area contributed by atoms with Crippen LogP contribution in [0.2, 0.25) is 0 Å². The molecule has 4 aromatic rings. The lowest BCUT2D eigenvalue weighted by Crippen LogP contribution is -2.28. The predicted molar refractivity (Wildman–Crippen MR) is 126 cm³/mol. The quantitative estimate of drug-likeness (QED) is 0.347. The fraction of sp³-hybridized carbons (Fsp3) is 0.0455. The van der Waals surface area contributed by atoms with E-state index in [2.05, 4.69) is 36.2 Å². The lowest BCUT2D eigenvalue weighted by atomic mass is 10.2. The number of carbonyl (C=O) groups is 1. The first-order valence-corrected chi connectivity index (χ1v) is 10.8. The minimum absolute atomic E-state index is 0.180. The van der Waals surface area contributed by atoms with Gasteiger partial charge in [-0.2, -0.15) is 0 Å². The summed E-state index contributed by atoms with van der Waals surface area (Å²) in [4.78, 5) is 35.8. The van der Waals surface area contributed by atoms with Gasteiger partial charge in [0.1, 0.15) is 0 Å². The molecule has 4 rings (SSSR count). The number of benzene rings is 2. The first-order valence-electron chi connectivity index (χ1n) is 9.41. The fourth-order valence-corrected chi connectivity index (χ4v) is 4.12.